The van der Waals surface area contributed by atoms with Crippen LogP contribution < -0.4 is 5.32 Å². The number of anilines is 1. The number of hydrogen-bond donors (Lipinski definition) is 1. The van der Waals surface area contributed by atoms with Gasteiger partial charge in [-0.15, -0.1) is 0 Å². The van der Waals surface area contributed by atoms with E-state index in [1.54, 1.807) is 17.2 Å². The van der Waals surface area contributed by atoms with Crippen LogP contribution in [-0.4, -0.2) is 22.0 Å². The van der Waals surface area contributed by atoms with Gasteiger partial charge >= 0.3 is 0 Å². The van der Waals surface area contributed by atoms with Gasteiger partial charge in [-0.3, -0.25) is 0 Å². The summed E-state index contributed by atoms with van der Waals surface area (Å²) in [5, 5.41) is 11.1. The highest BCUT2D eigenvalue weighted by atomic mass is 15.5. The number of nitrogens with one attached hydrogen (secondary N) is 1. The summed E-state index contributed by atoms with van der Waals surface area (Å²) in [4.78, 5) is 1.58. The topological polar surface area (TPSA) is 42.7 Å². The number of rotatable bonds is 2. The molecule has 0 unspecified atom stereocenters. The maximum Gasteiger partial charge on any atom is 0.0858 e. The first-order valence-corrected chi connectivity index (χ1v) is 4.04. The molecule has 0 aliphatic carbocycles. The Hall–Kier alpha value is -1.84. The minimum atomic E-state index is 0.962. The molecule has 0 aliphatic rings. The summed E-state index contributed by atoms with van der Waals surface area (Å²) >= 11 is 0. The molecule has 1 heterocycles. The standard InChI is InChI=1S/C9H10N4/c1-10-8-2-4-9(5-3-8)13-11-6-7-12-13/h2-7,10H,1H3. The SMILES string of the molecule is CNc1ccc(-n2nccn2)cc1. The molecular weight excluding hydrogens is 164 g/mol. The predicted octanol–water partition coefficient (Wildman–Crippen LogP) is 1.31. The monoisotopic (exact) mass is 174 g/mol. The fourth-order valence-electron chi connectivity index (χ4n) is 1.11. The Morgan fingerprint density at radius 1 is 1.08 bits per heavy atom. The Kier molecular flexibility index (Phi) is 1.96. The summed E-state index contributed by atoms with van der Waals surface area (Å²) in [6.07, 6.45) is 3.32. The quantitative estimate of drug-likeness (QED) is 0.746. The van der Waals surface area contributed by atoms with Crippen LogP contribution in [-0.2, 0) is 0 Å². The van der Waals surface area contributed by atoms with Crippen LogP contribution in [0.1, 0.15) is 0 Å². The van der Waals surface area contributed by atoms with Gasteiger partial charge in [0.05, 0.1) is 18.1 Å². The van der Waals surface area contributed by atoms with Crippen molar-refractivity contribution >= 4 is 5.69 Å². The van der Waals surface area contributed by atoms with Gasteiger partial charge in [0.15, 0.2) is 0 Å². The van der Waals surface area contributed by atoms with Crippen molar-refractivity contribution in [2.45, 2.75) is 0 Å². The minimum absolute atomic E-state index is 0.962. The maximum atomic E-state index is 4.03. The Morgan fingerprint density at radius 2 is 1.69 bits per heavy atom. The van der Waals surface area contributed by atoms with Crippen LogP contribution in [0.2, 0.25) is 0 Å². The first-order valence-electron chi connectivity index (χ1n) is 4.04. The lowest BCUT2D eigenvalue weighted by Gasteiger charge is -2.01. The van der Waals surface area contributed by atoms with Crippen LogP contribution in [0.5, 0.6) is 0 Å². The van der Waals surface area contributed by atoms with Gasteiger partial charge in [-0.2, -0.15) is 15.0 Å². The van der Waals surface area contributed by atoms with Crippen molar-refractivity contribution in [2.24, 2.45) is 0 Å². The highest BCUT2D eigenvalue weighted by molar-refractivity contribution is 5.47. The highest BCUT2D eigenvalue weighted by Crippen LogP contribution is 2.10. The average Bonchev–Trinajstić information content (AvgIpc) is 2.71. The molecule has 4 heteroatoms. The third-order valence-electron chi connectivity index (χ3n) is 1.81. The molecule has 0 bridgehead atoms. The second-order valence-corrected chi connectivity index (χ2v) is 2.62. The molecule has 2 rings (SSSR count). The average molecular weight is 174 g/mol. The van der Waals surface area contributed by atoms with E-state index < -0.39 is 0 Å². The number of benzene rings is 1. The molecular formula is C9H10N4. The Balaban J connectivity index is 2.33. The van der Waals surface area contributed by atoms with Crippen molar-refractivity contribution in [1.29, 1.82) is 0 Å². The van der Waals surface area contributed by atoms with Gasteiger partial charge in [0.1, 0.15) is 0 Å². The second kappa shape index (κ2) is 3.26. The van der Waals surface area contributed by atoms with Gasteiger partial charge in [0, 0.05) is 12.7 Å². The van der Waals surface area contributed by atoms with E-state index in [-0.39, 0.29) is 0 Å². The summed E-state index contributed by atoms with van der Waals surface area (Å²) in [7, 11) is 1.89. The molecule has 0 saturated carbocycles. The first-order chi connectivity index (χ1) is 6.40. The number of hydrogen-bond acceptors (Lipinski definition) is 3. The Bertz CT molecular complexity index is 363. The lowest BCUT2D eigenvalue weighted by atomic mass is 10.3. The zero-order valence-electron chi connectivity index (χ0n) is 7.31. The summed E-state index contributed by atoms with van der Waals surface area (Å²) < 4.78 is 0. The molecule has 2 aromatic rings. The van der Waals surface area contributed by atoms with Gasteiger partial charge < -0.3 is 5.32 Å². The van der Waals surface area contributed by atoms with Gasteiger partial charge in [-0.05, 0) is 24.3 Å². The van der Waals surface area contributed by atoms with Gasteiger partial charge in [0.25, 0.3) is 0 Å². The van der Waals surface area contributed by atoms with E-state index in [0.29, 0.717) is 0 Å². The van der Waals surface area contributed by atoms with Crippen molar-refractivity contribution in [1.82, 2.24) is 15.0 Å². The van der Waals surface area contributed by atoms with Gasteiger partial charge in [0.2, 0.25) is 0 Å². The molecule has 1 aromatic carbocycles. The van der Waals surface area contributed by atoms with E-state index in [0.717, 1.165) is 11.4 Å². The Morgan fingerprint density at radius 3 is 2.23 bits per heavy atom. The molecule has 66 valence electrons. The van der Waals surface area contributed by atoms with Crippen LogP contribution in [0, 0.1) is 0 Å². The summed E-state index contributed by atoms with van der Waals surface area (Å²) in [6.45, 7) is 0. The van der Waals surface area contributed by atoms with Gasteiger partial charge in [-0.25, -0.2) is 0 Å². The van der Waals surface area contributed by atoms with Crippen molar-refractivity contribution in [2.75, 3.05) is 12.4 Å². The van der Waals surface area contributed by atoms with Crippen LogP contribution in [0.4, 0.5) is 5.69 Å². The van der Waals surface area contributed by atoms with Gasteiger partial charge in [-0.1, -0.05) is 0 Å². The van der Waals surface area contributed by atoms with Crippen LogP contribution >= 0.6 is 0 Å². The highest BCUT2D eigenvalue weighted by Gasteiger charge is 1.95. The zero-order valence-corrected chi connectivity index (χ0v) is 7.31. The van der Waals surface area contributed by atoms with Crippen molar-refractivity contribution < 1.29 is 0 Å². The van der Waals surface area contributed by atoms with Crippen LogP contribution in [0.15, 0.2) is 36.7 Å². The smallest absolute Gasteiger partial charge is 0.0858 e. The third-order valence-corrected chi connectivity index (χ3v) is 1.81. The fourth-order valence-corrected chi connectivity index (χ4v) is 1.11. The normalized spacial score (nSPS) is 9.92. The molecule has 0 amide bonds. The molecule has 1 N–H and O–H groups in total. The largest absolute Gasteiger partial charge is 0.388 e. The molecule has 0 fully saturated rings. The molecule has 13 heavy (non-hydrogen) atoms. The first kappa shape index (κ1) is 7.79. The molecule has 0 spiro atoms. The van der Waals surface area contributed by atoms with Crippen molar-refractivity contribution in [3.63, 3.8) is 0 Å². The molecule has 4 nitrogen and oxygen atoms in total. The van der Waals surface area contributed by atoms with E-state index in [9.17, 15) is 0 Å². The summed E-state index contributed by atoms with van der Waals surface area (Å²) in [5.74, 6) is 0. The number of nitrogens with zero attached hydrogens (tertiary/aromatic N) is 3. The lowest BCUT2D eigenvalue weighted by Crippen LogP contribution is -1.98. The molecule has 0 saturated heterocycles. The maximum absolute atomic E-state index is 4.03. The van der Waals surface area contributed by atoms with Crippen LogP contribution in [0.25, 0.3) is 5.69 Å². The van der Waals surface area contributed by atoms with E-state index in [1.165, 1.54) is 0 Å². The summed E-state index contributed by atoms with van der Waals surface area (Å²) in [5.41, 5.74) is 2.04. The predicted molar refractivity (Wildman–Crippen MR) is 50.9 cm³/mol. The van der Waals surface area contributed by atoms with E-state index in [2.05, 4.69) is 15.5 Å². The Labute approximate surface area is 76.2 Å². The molecule has 0 atom stereocenters. The minimum Gasteiger partial charge on any atom is -0.388 e. The van der Waals surface area contributed by atoms with Crippen LogP contribution in [0.3, 0.4) is 0 Å². The molecule has 1 aromatic heterocycles. The number of aromatic nitrogens is 3. The molecule has 0 aliphatic heterocycles. The zero-order chi connectivity index (χ0) is 9.10. The summed E-state index contributed by atoms with van der Waals surface area (Å²) in [6, 6.07) is 7.90. The fraction of sp³-hybridized carbons (Fsp3) is 0.111. The van der Waals surface area contributed by atoms with E-state index in [4.69, 9.17) is 0 Å². The lowest BCUT2D eigenvalue weighted by molar-refractivity contribution is 0.752. The van der Waals surface area contributed by atoms with Crippen molar-refractivity contribution in [3.8, 4) is 5.69 Å². The third kappa shape index (κ3) is 1.51. The van der Waals surface area contributed by atoms with Crippen molar-refractivity contribution in [3.05, 3.63) is 36.7 Å². The van der Waals surface area contributed by atoms with E-state index >= 15 is 0 Å². The molecule has 0 radical (unpaired) electrons. The van der Waals surface area contributed by atoms with E-state index in [1.807, 2.05) is 31.3 Å². The second-order valence-electron chi connectivity index (χ2n) is 2.62.